The molecule has 0 bridgehead atoms. The number of carbonyl (C=O) groups excluding carboxylic acids is 1. The lowest BCUT2D eigenvalue weighted by molar-refractivity contribution is -0.145. The van der Waals surface area contributed by atoms with Crippen molar-refractivity contribution in [2.45, 2.75) is 44.6 Å². The zero-order valence-electron chi connectivity index (χ0n) is 11.6. The van der Waals surface area contributed by atoms with Gasteiger partial charge in [-0.3, -0.25) is 4.79 Å². The average Bonchev–Trinajstić information content (AvgIpc) is 2.40. The minimum absolute atomic E-state index is 0.0764. The number of halogens is 1. The van der Waals surface area contributed by atoms with E-state index in [1.807, 2.05) is 0 Å². The van der Waals surface area contributed by atoms with Crippen molar-refractivity contribution in [3.8, 4) is 0 Å². The van der Waals surface area contributed by atoms with E-state index in [4.69, 9.17) is 4.74 Å². The van der Waals surface area contributed by atoms with Crippen molar-refractivity contribution in [3.05, 3.63) is 35.6 Å². The average molecular weight is 264 g/mol. The van der Waals surface area contributed by atoms with E-state index in [2.05, 4.69) is 6.92 Å². The molecule has 0 aromatic heterocycles. The van der Waals surface area contributed by atoms with Gasteiger partial charge in [-0.1, -0.05) is 19.1 Å². The van der Waals surface area contributed by atoms with Gasteiger partial charge in [-0.2, -0.15) is 0 Å². The van der Waals surface area contributed by atoms with E-state index in [1.54, 1.807) is 19.2 Å². The SMILES string of the molecule is COC1(C(=O)Cc2cccc(F)c2)CCC(C)CC1. The minimum atomic E-state index is -0.654. The number of rotatable bonds is 4. The van der Waals surface area contributed by atoms with Crippen LogP contribution in [0.4, 0.5) is 4.39 Å². The van der Waals surface area contributed by atoms with Gasteiger partial charge in [0.1, 0.15) is 11.4 Å². The molecule has 1 saturated carbocycles. The topological polar surface area (TPSA) is 26.3 Å². The monoisotopic (exact) mass is 264 g/mol. The van der Waals surface area contributed by atoms with Crippen LogP contribution in [0.15, 0.2) is 24.3 Å². The maximum absolute atomic E-state index is 13.1. The quantitative estimate of drug-likeness (QED) is 0.831. The molecule has 2 nitrogen and oxygen atoms in total. The number of carbonyl (C=O) groups is 1. The van der Waals surface area contributed by atoms with Gasteiger partial charge >= 0.3 is 0 Å². The Labute approximate surface area is 114 Å². The molecule has 0 radical (unpaired) electrons. The molecule has 0 atom stereocenters. The molecular weight excluding hydrogens is 243 g/mol. The summed E-state index contributed by atoms with van der Waals surface area (Å²) in [5, 5.41) is 0. The molecule has 0 aliphatic heterocycles. The Hall–Kier alpha value is -1.22. The Bertz CT molecular complexity index is 448. The van der Waals surface area contributed by atoms with Crippen LogP contribution in [-0.4, -0.2) is 18.5 Å². The van der Waals surface area contributed by atoms with Crippen molar-refractivity contribution in [2.24, 2.45) is 5.92 Å². The maximum atomic E-state index is 13.1. The van der Waals surface area contributed by atoms with Crippen molar-refractivity contribution >= 4 is 5.78 Å². The van der Waals surface area contributed by atoms with Crippen molar-refractivity contribution in [1.29, 1.82) is 0 Å². The number of ketones is 1. The van der Waals surface area contributed by atoms with E-state index in [1.165, 1.54) is 12.1 Å². The predicted octanol–water partition coefficient (Wildman–Crippen LogP) is 3.53. The Balaban J connectivity index is 2.09. The summed E-state index contributed by atoms with van der Waals surface area (Å²) in [4.78, 5) is 12.5. The van der Waals surface area contributed by atoms with E-state index in [9.17, 15) is 9.18 Å². The highest BCUT2D eigenvalue weighted by atomic mass is 19.1. The van der Waals surface area contributed by atoms with Gasteiger partial charge in [0.05, 0.1) is 0 Å². The van der Waals surface area contributed by atoms with Crippen LogP contribution in [0.25, 0.3) is 0 Å². The van der Waals surface area contributed by atoms with E-state index in [0.717, 1.165) is 31.2 Å². The smallest absolute Gasteiger partial charge is 0.168 e. The van der Waals surface area contributed by atoms with Crippen LogP contribution >= 0.6 is 0 Å². The highest BCUT2D eigenvalue weighted by Crippen LogP contribution is 2.35. The Kier molecular flexibility index (Phi) is 4.35. The Morgan fingerprint density at radius 1 is 1.42 bits per heavy atom. The second-order valence-corrected chi connectivity index (χ2v) is 5.61. The molecule has 0 amide bonds. The first-order chi connectivity index (χ1) is 9.05. The molecule has 3 heteroatoms. The number of methoxy groups -OCH3 is 1. The van der Waals surface area contributed by atoms with Crippen LogP contribution in [0.5, 0.6) is 0 Å². The van der Waals surface area contributed by atoms with Gasteiger partial charge in [0.15, 0.2) is 5.78 Å². The summed E-state index contributed by atoms with van der Waals surface area (Å²) < 4.78 is 18.7. The van der Waals surface area contributed by atoms with Crippen molar-refractivity contribution in [3.63, 3.8) is 0 Å². The summed E-state index contributed by atoms with van der Waals surface area (Å²) in [6.07, 6.45) is 3.84. The van der Waals surface area contributed by atoms with Crippen molar-refractivity contribution in [2.75, 3.05) is 7.11 Å². The Morgan fingerprint density at radius 2 is 2.11 bits per heavy atom. The zero-order chi connectivity index (χ0) is 13.9. The lowest BCUT2D eigenvalue weighted by Gasteiger charge is -2.37. The van der Waals surface area contributed by atoms with Gasteiger partial charge in [-0.05, 0) is 49.3 Å². The van der Waals surface area contributed by atoms with Crippen molar-refractivity contribution in [1.82, 2.24) is 0 Å². The van der Waals surface area contributed by atoms with Crippen LogP contribution in [0.1, 0.15) is 38.2 Å². The van der Waals surface area contributed by atoms with Crippen LogP contribution in [0.2, 0.25) is 0 Å². The molecule has 0 N–H and O–H groups in total. The molecule has 1 aromatic rings. The van der Waals surface area contributed by atoms with Crippen molar-refractivity contribution < 1.29 is 13.9 Å². The molecule has 2 rings (SSSR count). The highest BCUT2D eigenvalue weighted by Gasteiger charge is 2.40. The van der Waals surface area contributed by atoms with E-state index < -0.39 is 5.60 Å². The third-order valence-corrected chi connectivity index (χ3v) is 4.23. The van der Waals surface area contributed by atoms with Gasteiger partial charge < -0.3 is 4.74 Å². The third kappa shape index (κ3) is 3.21. The summed E-state index contributed by atoms with van der Waals surface area (Å²) in [5.74, 6) is 0.437. The van der Waals surface area contributed by atoms with Crippen LogP contribution in [0, 0.1) is 11.7 Å². The summed E-state index contributed by atoms with van der Waals surface area (Å²) in [6, 6.07) is 6.24. The van der Waals surface area contributed by atoms with E-state index >= 15 is 0 Å². The van der Waals surface area contributed by atoms with Crippen LogP contribution < -0.4 is 0 Å². The molecule has 1 aromatic carbocycles. The number of ether oxygens (including phenoxy) is 1. The second-order valence-electron chi connectivity index (χ2n) is 5.61. The lowest BCUT2D eigenvalue weighted by atomic mass is 9.76. The molecule has 1 fully saturated rings. The van der Waals surface area contributed by atoms with E-state index in [0.29, 0.717) is 5.92 Å². The largest absolute Gasteiger partial charge is 0.370 e. The van der Waals surface area contributed by atoms with Crippen LogP contribution in [-0.2, 0) is 16.0 Å². The first kappa shape index (κ1) is 14.2. The zero-order valence-corrected chi connectivity index (χ0v) is 11.6. The summed E-state index contributed by atoms with van der Waals surface area (Å²) in [5.41, 5.74) is 0.0683. The number of hydrogen-bond donors (Lipinski definition) is 0. The predicted molar refractivity (Wildman–Crippen MR) is 72.5 cm³/mol. The molecular formula is C16H21FO2. The molecule has 0 unspecified atom stereocenters. The minimum Gasteiger partial charge on any atom is -0.370 e. The fraction of sp³-hybridized carbons (Fsp3) is 0.562. The summed E-state index contributed by atoms with van der Waals surface area (Å²) in [6.45, 7) is 2.20. The van der Waals surface area contributed by atoms with Gasteiger partial charge in [0.2, 0.25) is 0 Å². The first-order valence-electron chi connectivity index (χ1n) is 6.88. The first-order valence-corrected chi connectivity index (χ1v) is 6.88. The second kappa shape index (κ2) is 5.83. The normalized spacial score (nSPS) is 27.2. The molecule has 1 aliphatic rings. The number of benzene rings is 1. The standard InChI is InChI=1S/C16H21FO2/c1-12-6-8-16(19-2,9-7-12)15(18)11-13-4-3-5-14(17)10-13/h3-5,10,12H,6-9,11H2,1-2H3. The van der Waals surface area contributed by atoms with Crippen LogP contribution in [0.3, 0.4) is 0 Å². The fourth-order valence-electron chi connectivity index (χ4n) is 2.82. The lowest BCUT2D eigenvalue weighted by Crippen LogP contribution is -2.44. The molecule has 104 valence electrons. The molecule has 0 saturated heterocycles. The van der Waals surface area contributed by atoms with E-state index in [-0.39, 0.29) is 18.0 Å². The molecule has 0 spiro atoms. The maximum Gasteiger partial charge on any atom is 0.168 e. The summed E-state index contributed by atoms with van der Waals surface area (Å²) in [7, 11) is 1.61. The molecule has 19 heavy (non-hydrogen) atoms. The van der Waals surface area contributed by atoms with Gasteiger partial charge in [-0.15, -0.1) is 0 Å². The Morgan fingerprint density at radius 3 is 2.68 bits per heavy atom. The summed E-state index contributed by atoms with van der Waals surface area (Å²) >= 11 is 0. The van der Waals surface area contributed by atoms with Gasteiger partial charge in [0, 0.05) is 13.5 Å². The van der Waals surface area contributed by atoms with Gasteiger partial charge in [0.25, 0.3) is 0 Å². The highest BCUT2D eigenvalue weighted by molar-refractivity contribution is 5.89. The molecule has 0 heterocycles. The molecule has 1 aliphatic carbocycles. The number of hydrogen-bond acceptors (Lipinski definition) is 2. The van der Waals surface area contributed by atoms with Gasteiger partial charge in [-0.25, -0.2) is 4.39 Å². The third-order valence-electron chi connectivity index (χ3n) is 4.23. The fourth-order valence-corrected chi connectivity index (χ4v) is 2.82. The number of Topliss-reactive ketones (excluding diaryl/α,β-unsaturated/α-hetero) is 1.